The summed E-state index contributed by atoms with van der Waals surface area (Å²) in [6, 6.07) is 0. The number of aliphatic hydroxyl groups is 1. The molecule has 5 atom stereocenters. The number of carbonyl (C=O) groups excluding carboxylic acids is 1. The van der Waals surface area contributed by atoms with E-state index in [0.29, 0.717) is 25.0 Å². The fourth-order valence-electron chi connectivity index (χ4n) is 7.14. The van der Waals surface area contributed by atoms with Gasteiger partial charge in [-0.3, -0.25) is 4.79 Å². The molecule has 330 valence electrons. The van der Waals surface area contributed by atoms with Crippen LogP contribution in [0.15, 0.2) is 22.9 Å². The number of ketones is 1. The maximum atomic E-state index is 15.9. The Morgan fingerprint density at radius 2 is 1.46 bits per heavy atom. The summed E-state index contributed by atoms with van der Waals surface area (Å²) < 4.78 is 37.0. The summed E-state index contributed by atoms with van der Waals surface area (Å²) in [5.74, 6) is -0.0773. The van der Waals surface area contributed by atoms with Crippen LogP contribution in [0, 0.1) is 24.2 Å². The summed E-state index contributed by atoms with van der Waals surface area (Å²) in [5.41, 5.74) is 1.27. The topological polar surface area (TPSA) is 77.9 Å². The van der Waals surface area contributed by atoms with Crippen molar-refractivity contribution in [2.75, 3.05) is 6.61 Å². The molecule has 1 aromatic rings. The van der Waals surface area contributed by atoms with E-state index in [0.717, 1.165) is 43.5 Å². The minimum absolute atomic E-state index is 0.00174. The van der Waals surface area contributed by atoms with Gasteiger partial charge in [0, 0.05) is 17.9 Å². The first-order chi connectivity index (χ1) is 25.9. The Morgan fingerprint density at radius 3 is 1.89 bits per heavy atom. The highest BCUT2D eigenvalue weighted by Gasteiger charge is 2.56. The van der Waals surface area contributed by atoms with Crippen LogP contribution in [0.25, 0.3) is 6.08 Å². The van der Waals surface area contributed by atoms with Gasteiger partial charge in [0.1, 0.15) is 17.7 Å². The summed E-state index contributed by atoms with van der Waals surface area (Å²) >= 11 is 1.52. The number of aliphatic hydroxyl groups excluding tert-OH is 1. The van der Waals surface area contributed by atoms with Gasteiger partial charge in [-0.15, -0.1) is 11.3 Å². The SMILES string of the molecule is CC[C@@H](C(=O)C1([C@H](CCO)O[Si](C)(C)C(C)(C)C)CCC1)[C@@H](O[Si](C)(C)C(C)(C)C)[C@@H](C)CCC/C(C)=C/C[C@H](O[Si](C)(C)C(C)(C)C)/C(F)=C/c1csc(C)n1. The summed E-state index contributed by atoms with van der Waals surface area (Å²) in [6.07, 6.45) is 9.59. The monoisotopic (exact) mass is 868 g/mol. The number of hydrogen-bond acceptors (Lipinski definition) is 7. The van der Waals surface area contributed by atoms with Crippen molar-refractivity contribution in [3.63, 3.8) is 0 Å². The summed E-state index contributed by atoms with van der Waals surface area (Å²) in [6.45, 7) is 42.1. The van der Waals surface area contributed by atoms with Crippen molar-refractivity contribution in [2.24, 2.45) is 17.3 Å². The van der Waals surface area contributed by atoms with E-state index in [1.54, 1.807) is 6.08 Å². The fraction of sp³-hybridized carbons (Fsp3) is 0.826. The number of hydrogen-bond donors (Lipinski definition) is 1. The molecule has 0 radical (unpaired) electrons. The molecule has 11 heteroatoms. The van der Waals surface area contributed by atoms with Crippen molar-refractivity contribution in [3.05, 3.63) is 33.6 Å². The molecule has 1 aliphatic rings. The van der Waals surface area contributed by atoms with Crippen LogP contribution in [0.5, 0.6) is 0 Å². The molecule has 1 fully saturated rings. The number of aromatic nitrogens is 1. The van der Waals surface area contributed by atoms with Gasteiger partial charge < -0.3 is 18.4 Å². The van der Waals surface area contributed by atoms with E-state index in [9.17, 15) is 5.11 Å². The zero-order valence-corrected chi connectivity index (χ0v) is 43.8. The van der Waals surface area contributed by atoms with Crippen molar-refractivity contribution in [2.45, 2.75) is 221 Å². The molecular weight excluding hydrogens is 782 g/mol. The van der Waals surface area contributed by atoms with Crippen LogP contribution in [0.1, 0.15) is 152 Å². The van der Waals surface area contributed by atoms with Gasteiger partial charge in [-0.1, -0.05) is 94.2 Å². The number of carbonyl (C=O) groups is 1. The van der Waals surface area contributed by atoms with Crippen molar-refractivity contribution >= 4 is 48.1 Å². The molecule has 0 amide bonds. The maximum Gasteiger partial charge on any atom is 0.193 e. The minimum Gasteiger partial charge on any atom is -0.413 e. The van der Waals surface area contributed by atoms with Gasteiger partial charge in [-0.2, -0.15) is 0 Å². The standard InChI is InChI=1S/C46H86FNO5SSi3/c1-20-37(42(50)46(28-22-29-46)40(27-30-49)52-56(16,17)44(8,9)10)41(53-57(18,19)45(11,12)13)34(3)24-21-23-33(2)25-26-39(51-55(14,15)43(5,6)7)38(47)31-36-32-54-35(4)48-36/h25,31-32,34,37,39-41,49H,20-24,26-30H2,1-19H3/b33-25+,38-31-/t34-,37+,39-,40-,41-/m0/s1. The van der Waals surface area contributed by atoms with E-state index in [1.165, 1.54) is 16.9 Å². The van der Waals surface area contributed by atoms with Crippen molar-refractivity contribution < 1.29 is 27.6 Å². The van der Waals surface area contributed by atoms with Gasteiger partial charge in [0.2, 0.25) is 0 Å². The van der Waals surface area contributed by atoms with E-state index in [4.69, 9.17) is 13.3 Å². The molecule has 0 saturated heterocycles. The second-order valence-electron chi connectivity index (χ2n) is 22.0. The predicted molar refractivity (Wildman–Crippen MR) is 250 cm³/mol. The molecule has 0 bridgehead atoms. The number of Topliss-reactive ketones (excluding diaryl/α,β-unsaturated/α-hetero) is 1. The molecule has 1 heterocycles. The van der Waals surface area contributed by atoms with Crippen LogP contribution >= 0.6 is 11.3 Å². The Balaban J connectivity index is 2.38. The van der Waals surface area contributed by atoms with Gasteiger partial charge in [0.15, 0.2) is 25.0 Å². The molecule has 0 aliphatic heterocycles. The quantitative estimate of drug-likeness (QED) is 0.0924. The molecule has 0 unspecified atom stereocenters. The van der Waals surface area contributed by atoms with Crippen molar-refractivity contribution in [3.8, 4) is 0 Å². The molecule has 6 nitrogen and oxygen atoms in total. The third kappa shape index (κ3) is 13.9. The first-order valence-electron chi connectivity index (χ1n) is 22.0. The smallest absolute Gasteiger partial charge is 0.193 e. The second kappa shape index (κ2) is 20.4. The summed E-state index contributed by atoms with van der Waals surface area (Å²) in [5, 5.41) is 13.0. The number of nitrogens with zero attached hydrogens (tertiary/aromatic N) is 1. The van der Waals surface area contributed by atoms with Crippen molar-refractivity contribution in [1.29, 1.82) is 0 Å². The van der Waals surface area contributed by atoms with E-state index in [2.05, 4.69) is 133 Å². The number of aryl methyl sites for hydroxylation is 1. The molecular formula is C46H86FNO5SSi3. The van der Waals surface area contributed by atoms with Crippen LogP contribution < -0.4 is 0 Å². The predicted octanol–water partition coefficient (Wildman–Crippen LogP) is 14.2. The summed E-state index contributed by atoms with van der Waals surface area (Å²) in [4.78, 5) is 19.7. The zero-order valence-electron chi connectivity index (χ0n) is 40.0. The lowest BCUT2D eigenvalue weighted by Crippen LogP contribution is -2.58. The van der Waals surface area contributed by atoms with E-state index >= 15 is 9.18 Å². The highest BCUT2D eigenvalue weighted by atomic mass is 32.1. The van der Waals surface area contributed by atoms with Crippen LogP contribution in [-0.4, -0.2) is 65.7 Å². The largest absolute Gasteiger partial charge is 0.413 e. The van der Waals surface area contributed by atoms with Crippen LogP contribution in [-0.2, 0) is 18.1 Å². The Hall–Kier alpha value is -0.799. The number of thiazole rings is 1. The molecule has 1 N–H and O–H groups in total. The average molecular weight is 869 g/mol. The van der Waals surface area contributed by atoms with Crippen LogP contribution in [0.2, 0.25) is 54.4 Å². The van der Waals surface area contributed by atoms with E-state index in [1.807, 2.05) is 12.3 Å². The lowest BCUT2D eigenvalue weighted by Gasteiger charge is -2.53. The first-order valence-corrected chi connectivity index (χ1v) is 31.6. The Morgan fingerprint density at radius 1 is 0.930 bits per heavy atom. The first kappa shape index (κ1) is 52.3. The molecule has 1 saturated carbocycles. The van der Waals surface area contributed by atoms with E-state index in [-0.39, 0.29) is 57.4 Å². The van der Waals surface area contributed by atoms with Crippen LogP contribution in [0.3, 0.4) is 0 Å². The third-order valence-corrected chi connectivity index (χ3v) is 28.6. The summed E-state index contributed by atoms with van der Waals surface area (Å²) in [7, 11) is -6.72. The number of rotatable bonds is 22. The van der Waals surface area contributed by atoms with Gasteiger partial charge >= 0.3 is 0 Å². The minimum atomic E-state index is -2.25. The number of halogens is 1. The van der Waals surface area contributed by atoms with Crippen LogP contribution in [0.4, 0.5) is 4.39 Å². The van der Waals surface area contributed by atoms with Gasteiger partial charge in [0.05, 0.1) is 28.3 Å². The van der Waals surface area contributed by atoms with Gasteiger partial charge in [-0.05, 0) is 132 Å². The molecule has 2 rings (SSSR count). The van der Waals surface area contributed by atoms with Gasteiger partial charge in [0.25, 0.3) is 0 Å². The second-order valence-corrected chi connectivity index (χ2v) is 37.3. The van der Waals surface area contributed by atoms with Gasteiger partial charge in [-0.25, -0.2) is 9.37 Å². The van der Waals surface area contributed by atoms with Crippen molar-refractivity contribution in [1.82, 2.24) is 4.98 Å². The molecule has 1 aliphatic carbocycles. The lowest BCUT2D eigenvalue weighted by atomic mass is 9.58. The number of allylic oxidation sites excluding steroid dienone is 1. The highest BCUT2D eigenvalue weighted by Crippen LogP contribution is 2.53. The molecule has 0 aromatic carbocycles. The Labute approximate surface area is 357 Å². The Kier molecular flexibility index (Phi) is 18.7. The maximum absolute atomic E-state index is 15.9. The highest BCUT2D eigenvalue weighted by molar-refractivity contribution is 7.09. The third-order valence-electron chi connectivity index (χ3n) is 14.3. The fourth-order valence-corrected chi connectivity index (χ4v) is 11.8. The molecule has 0 spiro atoms. The lowest BCUT2D eigenvalue weighted by molar-refractivity contribution is -0.153. The normalized spacial score (nSPS) is 19.2. The molecule has 1 aromatic heterocycles. The average Bonchev–Trinajstić information content (AvgIpc) is 3.44. The van der Waals surface area contributed by atoms with E-state index < -0.39 is 36.5 Å². The molecule has 57 heavy (non-hydrogen) atoms. The zero-order chi connectivity index (χ0) is 44.0. The Bertz CT molecular complexity index is 1500.